The molecule has 3 rings (SSSR count). The van der Waals surface area contributed by atoms with Crippen LogP contribution in [0.5, 0.6) is 0 Å². The monoisotopic (exact) mass is 477 g/mol. The first-order valence-corrected chi connectivity index (χ1v) is 10.1. The fourth-order valence-corrected chi connectivity index (χ4v) is 4.72. The Balaban J connectivity index is 1.74. The van der Waals surface area contributed by atoms with Crippen molar-refractivity contribution in [1.82, 2.24) is 4.90 Å². The summed E-state index contributed by atoms with van der Waals surface area (Å²) in [6.07, 6.45) is 2.52. The number of benzene rings is 1. The van der Waals surface area contributed by atoms with Gasteiger partial charge in [0, 0.05) is 15.0 Å². The van der Waals surface area contributed by atoms with E-state index in [0.717, 1.165) is 33.4 Å². The molecule has 1 amide bonds. The Morgan fingerprint density at radius 1 is 1.44 bits per heavy atom. The molecular formula is C19H25ClINO3. The first-order chi connectivity index (χ1) is 11.6. The van der Waals surface area contributed by atoms with E-state index in [0.29, 0.717) is 13.2 Å². The Hall–Kier alpha value is -0.530. The van der Waals surface area contributed by atoms with Gasteiger partial charge in [0.05, 0.1) is 24.8 Å². The quantitative estimate of drug-likeness (QED) is 0.565. The number of amides is 1. The molecule has 1 spiro atoms. The molecule has 0 bridgehead atoms. The van der Waals surface area contributed by atoms with Gasteiger partial charge in [0.25, 0.3) is 0 Å². The molecule has 138 valence electrons. The van der Waals surface area contributed by atoms with Gasteiger partial charge in [-0.2, -0.15) is 0 Å². The van der Waals surface area contributed by atoms with Crippen LogP contribution in [0.15, 0.2) is 12.1 Å². The summed E-state index contributed by atoms with van der Waals surface area (Å²) in [6, 6.07) is 3.96. The minimum absolute atomic E-state index is 0.0212. The summed E-state index contributed by atoms with van der Waals surface area (Å²) >= 11 is 8.45. The second-order valence-corrected chi connectivity index (χ2v) is 9.73. The molecule has 25 heavy (non-hydrogen) atoms. The van der Waals surface area contributed by atoms with Crippen molar-refractivity contribution < 1.29 is 14.3 Å². The summed E-state index contributed by atoms with van der Waals surface area (Å²) < 4.78 is 12.9. The highest BCUT2D eigenvalue weighted by atomic mass is 127. The zero-order valence-corrected chi connectivity index (χ0v) is 18.1. The molecule has 2 aliphatic rings. The van der Waals surface area contributed by atoms with E-state index in [1.807, 2.05) is 37.8 Å². The number of nitrogens with zero attached hydrogens (tertiary/aromatic N) is 1. The molecule has 2 fully saturated rings. The van der Waals surface area contributed by atoms with E-state index in [9.17, 15) is 4.79 Å². The van der Waals surface area contributed by atoms with Gasteiger partial charge in [0.15, 0.2) is 0 Å². The Bertz CT molecular complexity index is 659. The van der Waals surface area contributed by atoms with Crippen molar-refractivity contribution in [3.8, 4) is 0 Å². The molecule has 1 aromatic rings. The van der Waals surface area contributed by atoms with Crippen LogP contribution in [0, 0.1) is 10.5 Å². The summed E-state index contributed by atoms with van der Waals surface area (Å²) in [5.41, 5.74) is 1.78. The smallest absolute Gasteiger partial charge is 0.410 e. The van der Waals surface area contributed by atoms with E-state index in [1.54, 1.807) is 0 Å². The van der Waals surface area contributed by atoms with Crippen LogP contribution in [-0.2, 0) is 15.9 Å². The average Bonchev–Trinajstić information content (AvgIpc) is 3.23. The topological polar surface area (TPSA) is 38.8 Å². The minimum atomic E-state index is -0.483. The minimum Gasteiger partial charge on any atom is -0.444 e. The van der Waals surface area contributed by atoms with Gasteiger partial charge in [-0.25, -0.2) is 4.79 Å². The van der Waals surface area contributed by atoms with Crippen LogP contribution in [0.3, 0.4) is 0 Å². The summed E-state index contributed by atoms with van der Waals surface area (Å²) in [5.74, 6) is 0. The zero-order valence-electron chi connectivity index (χ0n) is 15.2. The SMILES string of the molecule is Cc1cc(Cl)cc(I)c1CC1CN(C(=O)OC(C)(C)C)C2(CC2)CO1. The largest absolute Gasteiger partial charge is 0.444 e. The number of morpholine rings is 1. The molecule has 1 unspecified atom stereocenters. The Morgan fingerprint density at radius 2 is 2.12 bits per heavy atom. The van der Waals surface area contributed by atoms with E-state index < -0.39 is 5.60 Å². The van der Waals surface area contributed by atoms with Crippen LogP contribution >= 0.6 is 34.2 Å². The number of hydrogen-bond donors (Lipinski definition) is 0. The predicted molar refractivity (Wildman–Crippen MR) is 107 cm³/mol. The van der Waals surface area contributed by atoms with Crippen LogP contribution in [-0.4, -0.2) is 41.4 Å². The highest BCUT2D eigenvalue weighted by Gasteiger charge is 2.54. The molecule has 1 saturated carbocycles. The lowest BCUT2D eigenvalue weighted by Crippen LogP contribution is -2.55. The van der Waals surface area contributed by atoms with Crippen LogP contribution in [0.25, 0.3) is 0 Å². The third-order valence-electron chi connectivity index (χ3n) is 4.80. The van der Waals surface area contributed by atoms with Crippen LogP contribution in [0.4, 0.5) is 4.79 Å². The second kappa shape index (κ2) is 6.89. The number of ether oxygens (including phenoxy) is 2. The number of carbonyl (C=O) groups excluding carboxylic acids is 1. The lowest BCUT2D eigenvalue weighted by Gasteiger charge is -2.41. The normalized spacial score (nSPS) is 22.2. The van der Waals surface area contributed by atoms with Crippen molar-refractivity contribution >= 4 is 40.3 Å². The van der Waals surface area contributed by atoms with E-state index in [1.165, 1.54) is 5.56 Å². The molecule has 1 aliphatic carbocycles. The maximum Gasteiger partial charge on any atom is 0.410 e. The molecule has 4 nitrogen and oxygen atoms in total. The molecule has 6 heteroatoms. The highest BCUT2D eigenvalue weighted by molar-refractivity contribution is 14.1. The zero-order chi connectivity index (χ0) is 18.4. The van der Waals surface area contributed by atoms with Crippen molar-refractivity contribution in [3.63, 3.8) is 0 Å². The maximum atomic E-state index is 12.7. The lowest BCUT2D eigenvalue weighted by molar-refractivity contribution is -0.0778. The van der Waals surface area contributed by atoms with E-state index in [4.69, 9.17) is 21.1 Å². The van der Waals surface area contributed by atoms with Crippen molar-refractivity contribution in [3.05, 3.63) is 31.9 Å². The van der Waals surface area contributed by atoms with Gasteiger partial charge in [-0.15, -0.1) is 0 Å². The van der Waals surface area contributed by atoms with Gasteiger partial charge >= 0.3 is 6.09 Å². The Kier molecular flexibility index (Phi) is 5.30. The third-order valence-corrected chi connectivity index (χ3v) is 5.98. The van der Waals surface area contributed by atoms with Crippen molar-refractivity contribution in [1.29, 1.82) is 0 Å². The van der Waals surface area contributed by atoms with Gasteiger partial charge < -0.3 is 9.47 Å². The number of carbonyl (C=O) groups is 1. The standard InChI is InChI=1S/C19H25ClINO3/c1-12-7-13(20)8-16(21)15(12)9-14-10-22(17(23)25-18(2,3)4)19(5-6-19)11-24-14/h7-8,14H,5-6,9-11H2,1-4H3. The van der Waals surface area contributed by atoms with Gasteiger partial charge in [-0.05, 0) is 86.4 Å². The molecule has 1 aliphatic heterocycles. The summed E-state index contributed by atoms with van der Waals surface area (Å²) in [7, 11) is 0. The van der Waals surface area contributed by atoms with E-state index in [2.05, 4.69) is 29.5 Å². The molecule has 0 N–H and O–H groups in total. The first-order valence-electron chi connectivity index (χ1n) is 8.66. The number of halogens is 2. The van der Waals surface area contributed by atoms with Gasteiger partial charge in [-0.1, -0.05) is 11.6 Å². The molecule has 1 aromatic carbocycles. The Morgan fingerprint density at radius 3 is 2.68 bits per heavy atom. The van der Waals surface area contributed by atoms with E-state index in [-0.39, 0.29) is 17.7 Å². The first kappa shape index (κ1) is 19.2. The van der Waals surface area contributed by atoms with Gasteiger partial charge in [0.2, 0.25) is 0 Å². The highest BCUT2D eigenvalue weighted by Crippen LogP contribution is 2.45. The number of aryl methyl sites for hydroxylation is 1. The van der Waals surface area contributed by atoms with E-state index >= 15 is 0 Å². The fourth-order valence-electron chi connectivity index (χ4n) is 3.29. The summed E-state index contributed by atoms with van der Waals surface area (Å²) in [4.78, 5) is 14.6. The predicted octanol–water partition coefficient (Wildman–Crippen LogP) is 4.96. The maximum absolute atomic E-state index is 12.7. The average molecular weight is 478 g/mol. The molecule has 1 saturated heterocycles. The third kappa shape index (κ3) is 4.42. The lowest BCUT2D eigenvalue weighted by atomic mass is 10.0. The van der Waals surface area contributed by atoms with Gasteiger partial charge in [0.1, 0.15) is 5.60 Å². The van der Waals surface area contributed by atoms with Crippen molar-refractivity contribution in [2.45, 2.75) is 64.2 Å². The summed E-state index contributed by atoms with van der Waals surface area (Å²) in [6.45, 7) is 8.96. The van der Waals surface area contributed by atoms with Crippen LogP contribution in [0.2, 0.25) is 5.02 Å². The summed E-state index contributed by atoms with van der Waals surface area (Å²) in [5, 5.41) is 0.752. The van der Waals surface area contributed by atoms with Crippen LogP contribution < -0.4 is 0 Å². The molecular weight excluding hydrogens is 453 g/mol. The van der Waals surface area contributed by atoms with Crippen molar-refractivity contribution in [2.24, 2.45) is 0 Å². The molecule has 0 aromatic heterocycles. The molecule has 1 heterocycles. The number of hydrogen-bond acceptors (Lipinski definition) is 3. The molecule has 0 radical (unpaired) electrons. The van der Waals surface area contributed by atoms with Gasteiger partial charge in [-0.3, -0.25) is 4.90 Å². The Labute approximate surface area is 168 Å². The molecule has 1 atom stereocenters. The van der Waals surface area contributed by atoms with Crippen molar-refractivity contribution in [2.75, 3.05) is 13.2 Å². The number of rotatable bonds is 2. The fraction of sp³-hybridized carbons (Fsp3) is 0.632. The second-order valence-electron chi connectivity index (χ2n) is 8.14. The van der Waals surface area contributed by atoms with Crippen LogP contribution in [0.1, 0.15) is 44.7 Å².